The molecule has 1 saturated heterocycles. The molecule has 1 N–H and O–H groups in total. The summed E-state index contributed by atoms with van der Waals surface area (Å²) in [5, 5.41) is 3.37. The molecule has 0 bridgehead atoms. The summed E-state index contributed by atoms with van der Waals surface area (Å²) in [6.07, 6.45) is 2.90. The summed E-state index contributed by atoms with van der Waals surface area (Å²) >= 11 is 6.22. The van der Waals surface area contributed by atoms with E-state index in [0.29, 0.717) is 35.3 Å². The van der Waals surface area contributed by atoms with Gasteiger partial charge in [0.25, 0.3) is 5.91 Å². The number of hydrogen-bond donors (Lipinski definition) is 1. The van der Waals surface area contributed by atoms with Gasteiger partial charge in [0.1, 0.15) is 0 Å². The van der Waals surface area contributed by atoms with Crippen molar-refractivity contribution in [1.29, 1.82) is 0 Å². The standard InChI is InChI=1S/C16H20ClNO4/c1-10(13-4-2-5-20-13)18-16(19)11-8-12(17)15-14(9-11)21-6-3-7-22-15/h8-10,13H,2-7H2,1H3,(H,18,19). The molecule has 2 atom stereocenters. The third-order valence-corrected chi connectivity index (χ3v) is 4.23. The Bertz CT molecular complexity index is 557. The molecule has 0 aromatic heterocycles. The summed E-state index contributed by atoms with van der Waals surface area (Å²) in [6, 6.07) is 3.27. The van der Waals surface area contributed by atoms with E-state index in [2.05, 4.69) is 5.32 Å². The molecule has 0 spiro atoms. The quantitative estimate of drug-likeness (QED) is 0.928. The molecule has 2 heterocycles. The van der Waals surface area contributed by atoms with Gasteiger partial charge in [-0.1, -0.05) is 11.6 Å². The van der Waals surface area contributed by atoms with Gasteiger partial charge in [-0.05, 0) is 31.9 Å². The lowest BCUT2D eigenvalue weighted by Crippen LogP contribution is -2.40. The summed E-state index contributed by atoms with van der Waals surface area (Å²) in [5.41, 5.74) is 0.471. The number of ether oxygens (including phenoxy) is 3. The molecule has 22 heavy (non-hydrogen) atoms. The largest absolute Gasteiger partial charge is 0.489 e. The van der Waals surface area contributed by atoms with Gasteiger partial charge in [-0.15, -0.1) is 0 Å². The van der Waals surface area contributed by atoms with Crippen LogP contribution < -0.4 is 14.8 Å². The van der Waals surface area contributed by atoms with Crippen LogP contribution in [0.3, 0.4) is 0 Å². The summed E-state index contributed by atoms with van der Waals surface area (Å²) in [7, 11) is 0. The third-order valence-electron chi connectivity index (χ3n) is 3.95. The molecule has 3 rings (SSSR count). The molecule has 5 nitrogen and oxygen atoms in total. The van der Waals surface area contributed by atoms with Crippen molar-refractivity contribution in [2.75, 3.05) is 19.8 Å². The van der Waals surface area contributed by atoms with Crippen molar-refractivity contribution in [2.24, 2.45) is 0 Å². The topological polar surface area (TPSA) is 56.8 Å². The second-order valence-electron chi connectivity index (χ2n) is 5.65. The van der Waals surface area contributed by atoms with Gasteiger partial charge in [0.2, 0.25) is 0 Å². The van der Waals surface area contributed by atoms with Crippen molar-refractivity contribution in [3.63, 3.8) is 0 Å². The van der Waals surface area contributed by atoms with Crippen molar-refractivity contribution in [3.05, 3.63) is 22.7 Å². The Morgan fingerprint density at radius 1 is 1.27 bits per heavy atom. The van der Waals surface area contributed by atoms with E-state index in [9.17, 15) is 4.79 Å². The Kier molecular flexibility index (Phi) is 4.74. The Labute approximate surface area is 134 Å². The smallest absolute Gasteiger partial charge is 0.251 e. The lowest BCUT2D eigenvalue weighted by Gasteiger charge is -2.20. The van der Waals surface area contributed by atoms with Gasteiger partial charge in [0.15, 0.2) is 11.5 Å². The van der Waals surface area contributed by atoms with E-state index < -0.39 is 0 Å². The number of benzene rings is 1. The molecule has 2 unspecified atom stereocenters. The Hall–Kier alpha value is -1.46. The number of nitrogens with one attached hydrogen (secondary N) is 1. The zero-order valence-electron chi connectivity index (χ0n) is 12.6. The Balaban J connectivity index is 1.74. The predicted molar refractivity (Wildman–Crippen MR) is 83.0 cm³/mol. The normalized spacial score (nSPS) is 22.0. The van der Waals surface area contributed by atoms with Crippen LogP contribution in [0.5, 0.6) is 11.5 Å². The zero-order valence-corrected chi connectivity index (χ0v) is 13.3. The fraction of sp³-hybridized carbons (Fsp3) is 0.562. The predicted octanol–water partition coefficient (Wildman–Crippen LogP) is 2.80. The number of rotatable bonds is 3. The molecule has 1 aromatic carbocycles. The molecule has 2 aliphatic heterocycles. The number of carbonyl (C=O) groups is 1. The number of hydrogen-bond acceptors (Lipinski definition) is 4. The molecular formula is C16H20ClNO4. The van der Waals surface area contributed by atoms with Crippen LogP contribution >= 0.6 is 11.6 Å². The average Bonchev–Trinajstić information content (AvgIpc) is 2.93. The van der Waals surface area contributed by atoms with Crippen molar-refractivity contribution in [3.8, 4) is 11.5 Å². The van der Waals surface area contributed by atoms with Gasteiger partial charge in [0.05, 0.1) is 30.4 Å². The van der Waals surface area contributed by atoms with Crippen LogP contribution in [0.15, 0.2) is 12.1 Å². The highest BCUT2D eigenvalue weighted by atomic mass is 35.5. The first kappa shape index (κ1) is 15.4. The maximum absolute atomic E-state index is 12.4. The summed E-state index contributed by atoms with van der Waals surface area (Å²) in [5.74, 6) is 0.864. The van der Waals surface area contributed by atoms with E-state index in [1.165, 1.54) is 0 Å². The van der Waals surface area contributed by atoms with Crippen LogP contribution in [-0.4, -0.2) is 37.9 Å². The van der Waals surface area contributed by atoms with E-state index in [-0.39, 0.29) is 18.1 Å². The first-order valence-corrected chi connectivity index (χ1v) is 8.04. The second kappa shape index (κ2) is 6.75. The van der Waals surface area contributed by atoms with Crippen LogP contribution in [0.4, 0.5) is 0 Å². The molecule has 0 saturated carbocycles. The van der Waals surface area contributed by atoms with Crippen LogP contribution in [-0.2, 0) is 4.74 Å². The molecule has 1 fully saturated rings. The maximum atomic E-state index is 12.4. The van der Waals surface area contributed by atoms with Crippen LogP contribution in [0.1, 0.15) is 36.5 Å². The fourth-order valence-electron chi connectivity index (χ4n) is 2.74. The minimum Gasteiger partial charge on any atom is -0.489 e. The van der Waals surface area contributed by atoms with Gasteiger partial charge in [-0.2, -0.15) is 0 Å². The molecule has 6 heteroatoms. The summed E-state index contributed by atoms with van der Waals surface area (Å²) in [4.78, 5) is 12.4. The molecule has 120 valence electrons. The third kappa shape index (κ3) is 3.31. The van der Waals surface area contributed by atoms with Crippen LogP contribution in [0.2, 0.25) is 5.02 Å². The number of amides is 1. The average molecular weight is 326 g/mol. The highest BCUT2D eigenvalue weighted by Gasteiger charge is 2.25. The summed E-state index contributed by atoms with van der Waals surface area (Å²) < 4.78 is 16.8. The molecular weight excluding hydrogens is 306 g/mol. The van der Waals surface area contributed by atoms with E-state index >= 15 is 0 Å². The van der Waals surface area contributed by atoms with Gasteiger partial charge in [0, 0.05) is 18.6 Å². The fourth-order valence-corrected chi connectivity index (χ4v) is 3.01. The van der Waals surface area contributed by atoms with Crippen molar-refractivity contribution in [2.45, 2.75) is 38.3 Å². The maximum Gasteiger partial charge on any atom is 0.251 e. The van der Waals surface area contributed by atoms with Gasteiger partial charge in [-0.25, -0.2) is 0 Å². The minimum atomic E-state index is -0.180. The minimum absolute atomic E-state index is 0.0373. The number of fused-ring (bicyclic) bond motifs is 1. The van der Waals surface area contributed by atoms with Crippen LogP contribution in [0.25, 0.3) is 0 Å². The highest BCUT2D eigenvalue weighted by molar-refractivity contribution is 6.32. The molecule has 1 amide bonds. The van der Waals surface area contributed by atoms with E-state index in [1.807, 2.05) is 6.92 Å². The van der Waals surface area contributed by atoms with Gasteiger partial charge < -0.3 is 19.5 Å². The van der Waals surface area contributed by atoms with Crippen LogP contribution in [0, 0.1) is 0 Å². The van der Waals surface area contributed by atoms with E-state index in [4.69, 9.17) is 25.8 Å². The SMILES string of the molecule is CC(NC(=O)c1cc(Cl)c2c(c1)OCCCO2)C1CCCO1. The van der Waals surface area contributed by atoms with Gasteiger partial charge in [-0.3, -0.25) is 4.79 Å². The second-order valence-corrected chi connectivity index (χ2v) is 6.06. The molecule has 0 radical (unpaired) electrons. The monoisotopic (exact) mass is 325 g/mol. The lowest BCUT2D eigenvalue weighted by atomic mass is 10.1. The first-order valence-electron chi connectivity index (χ1n) is 7.67. The van der Waals surface area contributed by atoms with Crippen molar-refractivity contribution < 1.29 is 19.0 Å². The number of carbonyl (C=O) groups excluding carboxylic acids is 1. The highest BCUT2D eigenvalue weighted by Crippen LogP contribution is 2.38. The Morgan fingerprint density at radius 3 is 2.86 bits per heavy atom. The molecule has 1 aromatic rings. The van der Waals surface area contributed by atoms with Crippen molar-refractivity contribution >= 4 is 17.5 Å². The number of halogens is 1. The van der Waals surface area contributed by atoms with E-state index in [1.54, 1.807) is 12.1 Å². The summed E-state index contributed by atoms with van der Waals surface area (Å²) in [6.45, 7) is 3.84. The van der Waals surface area contributed by atoms with Gasteiger partial charge >= 0.3 is 0 Å². The first-order chi connectivity index (χ1) is 10.6. The van der Waals surface area contributed by atoms with Crippen molar-refractivity contribution in [1.82, 2.24) is 5.32 Å². The molecule has 2 aliphatic rings. The van der Waals surface area contributed by atoms with E-state index in [0.717, 1.165) is 25.9 Å². The zero-order chi connectivity index (χ0) is 15.5. The Morgan fingerprint density at radius 2 is 2.09 bits per heavy atom. The molecule has 0 aliphatic carbocycles. The lowest BCUT2D eigenvalue weighted by molar-refractivity contribution is 0.0712.